The molecule has 0 saturated carbocycles. The second-order valence-corrected chi connectivity index (χ2v) is 6.08. The summed E-state index contributed by atoms with van der Waals surface area (Å²) in [5.41, 5.74) is 5.60. The first kappa shape index (κ1) is 15.3. The molecule has 2 rings (SSSR count). The molecular weight excluding hydrogens is 272 g/mol. The molecule has 0 aliphatic carbocycles. The lowest BCUT2D eigenvalue weighted by Gasteiger charge is -2.35. The van der Waals surface area contributed by atoms with Gasteiger partial charge in [-0.3, -0.25) is 10.1 Å². The standard InChI is InChI=1S/C13H22N6O2/c1-8-5-9(2)7-18(6-8)12-10(19(20)21)11(14)15-13(16-12)17(3)4/h8-9H,5-7H2,1-4H3,(H2,14,15,16)/t8-,9+. The molecule has 21 heavy (non-hydrogen) atoms. The molecule has 1 aliphatic heterocycles. The van der Waals surface area contributed by atoms with Crippen LogP contribution in [0.15, 0.2) is 0 Å². The van der Waals surface area contributed by atoms with Crippen molar-refractivity contribution in [1.29, 1.82) is 0 Å². The second-order valence-electron chi connectivity index (χ2n) is 6.08. The van der Waals surface area contributed by atoms with Crippen molar-refractivity contribution in [3.05, 3.63) is 10.1 Å². The van der Waals surface area contributed by atoms with Crippen LogP contribution >= 0.6 is 0 Å². The van der Waals surface area contributed by atoms with E-state index in [4.69, 9.17) is 5.73 Å². The fourth-order valence-electron chi connectivity index (χ4n) is 2.88. The molecule has 0 unspecified atom stereocenters. The predicted molar refractivity (Wildman–Crippen MR) is 82.6 cm³/mol. The summed E-state index contributed by atoms with van der Waals surface area (Å²) in [7, 11) is 3.57. The SMILES string of the molecule is C[C@@H]1C[C@H](C)CN(c2nc(N(C)C)nc(N)c2[N+](=O)[O-])C1. The Kier molecular flexibility index (Phi) is 4.15. The van der Waals surface area contributed by atoms with Crippen molar-refractivity contribution < 1.29 is 4.92 Å². The Morgan fingerprint density at radius 1 is 1.29 bits per heavy atom. The van der Waals surface area contributed by atoms with Gasteiger partial charge in [0.1, 0.15) is 0 Å². The molecule has 8 nitrogen and oxygen atoms in total. The molecule has 116 valence electrons. The van der Waals surface area contributed by atoms with E-state index in [-0.39, 0.29) is 11.5 Å². The topological polar surface area (TPSA) is 101 Å². The number of nitro groups is 1. The quantitative estimate of drug-likeness (QED) is 0.666. The van der Waals surface area contributed by atoms with Gasteiger partial charge in [-0.15, -0.1) is 0 Å². The largest absolute Gasteiger partial charge is 0.378 e. The molecular formula is C13H22N6O2. The van der Waals surface area contributed by atoms with E-state index in [9.17, 15) is 10.1 Å². The molecule has 2 heterocycles. The molecule has 1 aliphatic rings. The van der Waals surface area contributed by atoms with E-state index in [0.29, 0.717) is 23.6 Å². The molecule has 1 aromatic heterocycles. The van der Waals surface area contributed by atoms with Crippen LogP contribution in [-0.2, 0) is 0 Å². The Morgan fingerprint density at radius 3 is 2.33 bits per heavy atom. The monoisotopic (exact) mass is 294 g/mol. The van der Waals surface area contributed by atoms with Gasteiger partial charge in [0.25, 0.3) is 0 Å². The number of aromatic nitrogens is 2. The predicted octanol–water partition coefficient (Wildman–Crippen LogP) is 1.52. The summed E-state index contributed by atoms with van der Waals surface area (Å²) in [4.78, 5) is 22.9. The van der Waals surface area contributed by atoms with Gasteiger partial charge in [-0.2, -0.15) is 9.97 Å². The maximum Gasteiger partial charge on any atom is 0.353 e. The average molecular weight is 294 g/mol. The lowest BCUT2D eigenvalue weighted by atomic mass is 9.92. The van der Waals surface area contributed by atoms with Crippen LogP contribution in [0.25, 0.3) is 0 Å². The Hall–Kier alpha value is -2.12. The zero-order valence-corrected chi connectivity index (χ0v) is 12.9. The molecule has 0 spiro atoms. The number of anilines is 3. The number of nitrogen functional groups attached to an aromatic ring is 1. The zero-order chi connectivity index (χ0) is 15.7. The summed E-state index contributed by atoms with van der Waals surface area (Å²) in [5, 5.41) is 11.3. The molecule has 0 bridgehead atoms. The summed E-state index contributed by atoms with van der Waals surface area (Å²) >= 11 is 0. The van der Waals surface area contributed by atoms with Crippen molar-refractivity contribution >= 4 is 23.3 Å². The summed E-state index contributed by atoms with van der Waals surface area (Å²) in [6.45, 7) is 5.78. The minimum absolute atomic E-state index is 0.0837. The third-order valence-corrected chi connectivity index (χ3v) is 3.63. The third kappa shape index (κ3) is 3.14. The van der Waals surface area contributed by atoms with Crippen LogP contribution < -0.4 is 15.5 Å². The number of nitrogens with zero attached hydrogens (tertiary/aromatic N) is 5. The Morgan fingerprint density at radius 2 is 1.86 bits per heavy atom. The van der Waals surface area contributed by atoms with Crippen LogP contribution in [-0.4, -0.2) is 42.1 Å². The molecule has 2 N–H and O–H groups in total. The molecule has 2 atom stereocenters. The minimum Gasteiger partial charge on any atom is -0.378 e. The third-order valence-electron chi connectivity index (χ3n) is 3.63. The second kappa shape index (κ2) is 5.71. The van der Waals surface area contributed by atoms with E-state index >= 15 is 0 Å². The van der Waals surface area contributed by atoms with Crippen molar-refractivity contribution in [1.82, 2.24) is 9.97 Å². The highest BCUT2D eigenvalue weighted by Gasteiger charge is 2.31. The normalized spacial score (nSPS) is 22.2. The van der Waals surface area contributed by atoms with E-state index in [0.717, 1.165) is 19.5 Å². The Labute approximate surface area is 124 Å². The smallest absolute Gasteiger partial charge is 0.353 e. The van der Waals surface area contributed by atoms with Crippen LogP contribution in [0.4, 0.5) is 23.3 Å². The van der Waals surface area contributed by atoms with Gasteiger partial charge in [-0.25, -0.2) is 0 Å². The first-order chi connectivity index (χ1) is 9.79. The van der Waals surface area contributed by atoms with E-state index in [1.165, 1.54) is 0 Å². The van der Waals surface area contributed by atoms with Crippen molar-refractivity contribution in [2.75, 3.05) is 42.7 Å². The van der Waals surface area contributed by atoms with Gasteiger partial charge in [0, 0.05) is 27.2 Å². The van der Waals surface area contributed by atoms with Gasteiger partial charge in [0.15, 0.2) is 0 Å². The van der Waals surface area contributed by atoms with Gasteiger partial charge in [0.05, 0.1) is 4.92 Å². The van der Waals surface area contributed by atoms with Crippen molar-refractivity contribution in [3.8, 4) is 0 Å². The van der Waals surface area contributed by atoms with Crippen molar-refractivity contribution in [2.45, 2.75) is 20.3 Å². The van der Waals surface area contributed by atoms with E-state index < -0.39 is 4.92 Å². The van der Waals surface area contributed by atoms with Crippen LogP contribution in [0, 0.1) is 22.0 Å². The molecule has 8 heteroatoms. The summed E-state index contributed by atoms with van der Waals surface area (Å²) in [5.74, 6) is 1.56. The number of rotatable bonds is 3. The van der Waals surface area contributed by atoms with E-state index in [2.05, 4.69) is 23.8 Å². The Balaban J connectivity index is 2.51. The fourth-order valence-corrected chi connectivity index (χ4v) is 2.88. The van der Waals surface area contributed by atoms with Crippen LogP contribution in [0.1, 0.15) is 20.3 Å². The van der Waals surface area contributed by atoms with Crippen molar-refractivity contribution in [2.24, 2.45) is 11.8 Å². The van der Waals surface area contributed by atoms with Crippen LogP contribution in [0.2, 0.25) is 0 Å². The highest BCUT2D eigenvalue weighted by Crippen LogP contribution is 2.35. The van der Waals surface area contributed by atoms with Crippen LogP contribution in [0.5, 0.6) is 0 Å². The van der Waals surface area contributed by atoms with Gasteiger partial charge in [0.2, 0.25) is 17.6 Å². The maximum absolute atomic E-state index is 11.3. The summed E-state index contributed by atoms with van der Waals surface area (Å²) in [6.07, 6.45) is 1.12. The van der Waals surface area contributed by atoms with Gasteiger partial charge in [-0.05, 0) is 18.3 Å². The maximum atomic E-state index is 11.3. The van der Waals surface area contributed by atoms with Crippen LogP contribution in [0.3, 0.4) is 0 Å². The number of hydrogen-bond donors (Lipinski definition) is 1. The summed E-state index contributed by atoms with van der Waals surface area (Å²) < 4.78 is 0. The molecule has 0 radical (unpaired) electrons. The molecule has 1 fully saturated rings. The highest BCUT2D eigenvalue weighted by atomic mass is 16.6. The molecule has 1 saturated heterocycles. The molecule has 0 aromatic carbocycles. The van der Waals surface area contributed by atoms with Gasteiger partial charge in [-0.1, -0.05) is 13.8 Å². The number of piperidine rings is 1. The number of nitrogens with two attached hydrogens (primary N) is 1. The Bertz CT molecular complexity index is 538. The van der Waals surface area contributed by atoms with E-state index in [1.807, 2.05) is 4.90 Å². The lowest BCUT2D eigenvalue weighted by Crippen LogP contribution is -2.39. The number of hydrogen-bond acceptors (Lipinski definition) is 7. The minimum atomic E-state index is -0.492. The average Bonchev–Trinajstić information content (AvgIpc) is 2.35. The fraction of sp³-hybridized carbons (Fsp3) is 0.692. The lowest BCUT2D eigenvalue weighted by molar-refractivity contribution is -0.383. The zero-order valence-electron chi connectivity index (χ0n) is 12.9. The molecule has 0 amide bonds. The highest BCUT2D eigenvalue weighted by molar-refractivity contribution is 5.71. The van der Waals surface area contributed by atoms with E-state index in [1.54, 1.807) is 19.0 Å². The summed E-state index contributed by atoms with van der Waals surface area (Å²) in [6, 6.07) is 0. The molecule has 1 aromatic rings. The first-order valence-corrected chi connectivity index (χ1v) is 7.03. The van der Waals surface area contributed by atoms with Gasteiger partial charge < -0.3 is 15.5 Å². The first-order valence-electron chi connectivity index (χ1n) is 7.03. The van der Waals surface area contributed by atoms with Gasteiger partial charge >= 0.3 is 5.69 Å². The van der Waals surface area contributed by atoms with Crippen molar-refractivity contribution in [3.63, 3.8) is 0 Å².